The molecule has 0 saturated carbocycles. The number of methoxy groups -OCH3 is 1. The molecule has 1 aromatic carbocycles. The number of nitrogen functional groups attached to an aromatic ring is 1. The average molecular weight is 212 g/mol. The predicted octanol–water partition coefficient (Wildman–Crippen LogP) is 0.857. The molecule has 15 heavy (non-hydrogen) atoms. The minimum Gasteiger partial charge on any atom is -0.398 e. The molecule has 1 aromatic rings. The van der Waals surface area contributed by atoms with E-state index in [9.17, 15) is 10.1 Å². The number of nitro groups is 1. The summed E-state index contributed by atoms with van der Waals surface area (Å²) in [6, 6.07) is 4.06. The number of ether oxygens (including phenoxy) is 1. The van der Waals surface area contributed by atoms with Crippen LogP contribution in [-0.2, 0) is 4.74 Å². The molecule has 1 unspecified atom stereocenters. The highest BCUT2D eigenvalue weighted by Gasteiger charge is 2.15. The quantitative estimate of drug-likeness (QED) is 0.438. The first-order chi connectivity index (χ1) is 7.10. The normalized spacial score (nSPS) is 12.4. The number of rotatable bonds is 4. The Balaban J connectivity index is 3.07. The lowest BCUT2D eigenvalue weighted by molar-refractivity contribution is -0.384. The van der Waals surface area contributed by atoms with Gasteiger partial charge in [0.1, 0.15) is 6.10 Å². The summed E-state index contributed by atoms with van der Waals surface area (Å²) < 4.78 is 4.97. The highest BCUT2D eigenvalue weighted by Crippen LogP contribution is 2.26. The summed E-state index contributed by atoms with van der Waals surface area (Å²) in [7, 11) is 1.43. The highest BCUT2D eigenvalue weighted by molar-refractivity contribution is 5.54. The maximum absolute atomic E-state index is 10.4. The Morgan fingerprint density at radius 2 is 2.33 bits per heavy atom. The van der Waals surface area contributed by atoms with E-state index in [4.69, 9.17) is 15.6 Å². The molecule has 0 spiro atoms. The Labute approximate surface area is 86.4 Å². The first-order valence-electron chi connectivity index (χ1n) is 4.27. The minimum absolute atomic E-state index is 0.0796. The number of aliphatic hydroxyl groups is 1. The molecule has 0 saturated heterocycles. The van der Waals surface area contributed by atoms with Crippen LogP contribution in [0, 0.1) is 10.1 Å². The van der Waals surface area contributed by atoms with Gasteiger partial charge in [-0.3, -0.25) is 10.1 Å². The van der Waals surface area contributed by atoms with E-state index >= 15 is 0 Å². The number of benzene rings is 1. The molecule has 82 valence electrons. The molecule has 1 atom stereocenters. The van der Waals surface area contributed by atoms with Crippen molar-refractivity contribution in [2.75, 3.05) is 19.5 Å². The summed E-state index contributed by atoms with van der Waals surface area (Å²) in [6.45, 7) is -0.224. The molecule has 0 fully saturated rings. The molecule has 0 amide bonds. The van der Waals surface area contributed by atoms with Crippen LogP contribution in [0.4, 0.5) is 11.4 Å². The molecule has 6 nitrogen and oxygen atoms in total. The first-order valence-corrected chi connectivity index (χ1v) is 4.27. The number of hydrogen-bond acceptors (Lipinski definition) is 5. The molecule has 0 aliphatic carbocycles. The van der Waals surface area contributed by atoms with Gasteiger partial charge in [-0.05, 0) is 6.07 Å². The van der Waals surface area contributed by atoms with Crippen LogP contribution in [0.5, 0.6) is 0 Å². The van der Waals surface area contributed by atoms with E-state index in [-0.39, 0.29) is 18.0 Å². The second kappa shape index (κ2) is 4.72. The monoisotopic (exact) mass is 212 g/mol. The molecular formula is C9H12N2O4. The van der Waals surface area contributed by atoms with Gasteiger partial charge in [-0.1, -0.05) is 0 Å². The van der Waals surface area contributed by atoms with Gasteiger partial charge in [0.15, 0.2) is 0 Å². The van der Waals surface area contributed by atoms with Crippen molar-refractivity contribution in [3.05, 3.63) is 33.9 Å². The number of nitro benzene ring substituents is 1. The van der Waals surface area contributed by atoms with E-state index in [1.807, 2.05) is 0 Å². The van der Waals surface area contributed by atoms with Gasteiger partial charge in [0.25, 0.3) is 5.69 Å². The predicted molar refractivity (Wildman–Crippen MR) is 54.3 cm³/mol. The lowest BCUT2D eigenvalue weighted by Crippen LogP contribution is -2.09. The van der Waals surface area contributed by atoms with Crippen LogP contribution < -0.4 is 5.73 Å². The van der Waals surface area contributed by atoms with Gasteiger partial charge in [0, 0.05) is 30.5 Å². The van der Waals surface area contributed by atoms with Gasteiger partial charge >= 0.3 is 0 Å². The summed E-state index contributed by atoms with van der Waals surface area (Å²) in [5, 5.41) is 19.4. The topological polar surface area (TPSA) is 98.6 Å². The van der Waals surface area contributed by atoms with E-state index in [1.165, 1.54) is 25.3 Å². The molecule has 0 aliphatic heterocycles. The molecular weight excluding hydrogens is 200 g/mol. The molecule has 3 N–H and O–H groups in total. The Morgan fingerprint density at radius 1 is 1.67 bits per heavy atom. The van der Waals surface area contributed by atoms with Gasteiger partial charge in [-0.15, -0.1) is 0 Å². The summed E-state index contributed by atoms with van der Waals surface area (Å²) in [6.07, 6.45) is -0.550. The Bertz CT molecular complexity index is 363. The summed E-state index contributed by atoms with van der Waals surface area (Å²) >= 11 is 0. The van der Waals surface area contributed by atoms with Gasteiger partial charge in [0.05, 0.1) is 11.5 Å². The lowest BCUT2D eigenvalue weighted by atomic mass is 10.1. The number of nitrogens with two attached hydrogens (primary N) is 1. The SMILES string of the molecule is COC(CO)c1ccc([N+](=O)[O-])cc1N. The van der Waals surface area contributed by atoms with Crippen molar-refractivity contribution in [3.63, 3.8) is 0 Å². The maximum Gasteiger partial charge on any atom is 0.271 e. The second-order valence-electron chi connectivity index (χ2n) is 2.98. The van der Waals surface area contributed by atoms with Crippen molar-refractivity contribution in [2.24, 2.45) is 0 Å². The van der Waals surface area contributed by atoms with Gasteiger partial charge in [-0.25, -0.2) is 0 Å². The number of anilines is 1. The fraction of sp³-hybridized carbons (Fsp3) is 0.333. The van der Waals surface area contributed by atoms with Crippen LogP contribution >= 0.6 is 0 Å². The second-order valence-corrected chi connectivity index (χ2v) is 2.98. The van der Waals surface area contributed by atoms with Gasteiger partial charge < -0.3 is 15.6 Å². The van der Waals surface area contributed by atoms with Gasteiger partial charge in [-0.2, -0.15) is 0 Å². The van der Waals surface area contributed by atoms with Crippen LogP contribution in [-0.4, -0.2) is 23.7 Å². The lowest BCUT2D eigenvalue weighted by Gasteiger charge is -2.14. The molecule has 0 aliphatic rings. The molecule has 0 aromatic heterocycles. The zero-order valence-corrected chi connectivity index (χ0v) is 8.21. The molecule has 0 radical (unpaired) electrons. The maximum atomic E-state index is 10.4. The van der Waals surface area contributed by atoms with E-state index in [2.05, 4.69) is 0 Å². The molecule has 0 heterocycles. The fourth-order valence-corrected chi connectivity index (χ4v) is 1.27. The molecule has 0 bridgehead atoms. The average Bonchev–Trinajstić information content (AvgIpc) is 2.21. The zero-order valence-electron chi connectivity index (χ0n) is 8.21. The standard InChI is InChI=1S/C9H12N2O4/c1-15-9(5-12)7-3-2-6(11(13)14)4-8(7)10/h2-4,9,12H,5,10H2,1H3. The third-order valence-electron chi connectivity index (χ3n) is 2.08. The van der Waals surface area contributed by atoms with Crippen LogP contribution in [0.3, 0.4) is 0 Å². The number of nitrogens with zero attached hydrogens (tertiary/aromatic N) is 1. The third kappa shape index (κ3) is 2.42. The van der Waals surface area contributed by atoms with E-state index < -0.39 is 11.0 Å². The Kier molecular flexibility index (Phi) is 3.59. The van der Waals surface area contributed by atoms with Crippen LogP contribution in [0.25, 0.3) is 0 Å². The van der Waals surface area contributed by atoms with Crippen molar-refractivity contribution in [1.29, 1.82) is 0 Å². The zero-order chi connectivity index (χ0) is 11.4. The van der Waals surface area contributed by atoms with Crippen molar-refractivity contribution < 1.29 is 14.8 Å². The summed E-state index contributed by atoms with van der Waals surface area (Å²) in [4.78, 5) is 9.92. The third-order valence-corrected chi connectivity index (χ3v) is 2.08. The van der Waals surface area contributed by atoms with Gasteiger partial charge in [0.2, 0.25) is 0 Å². The summed E-state index contributed by atoms with van der Waals surface area (Å²) in [5.74, 6) is 0. The van der Waals surface area contributed by atoms with Crippen molar-refractivity contribution in [3.8, 4) is 0 Å². The fourth-order valence-electron chi connectivity index (χ4n) is 1.27. The first kappa shape index (κ1) is 11.4. The van der Waals surface area contributed by atoms with Crippen molar-refractivity contribution in [1.82, 2.24) is 0 Å². The summed E-state index contributed by atoms with van der Waals surface area (Å²) in [5.41, 5.74) is 6.32. The highest BCUT2D eigenvalue weighted by atomic mass is 16.6. The van der Waals surface area contributed by atoms with E-state index in [0.29, 0.717) is 5.56 Å². The largest absolute Gasteiger partial charge is 0.398 e. The number of hydrogen-bond donors (Lipinski definition) is 2. The number of non-ortho nitro benzene ring substituents is 1. The van der Waals surface area contributed by atoms with E-state index in [0.717, 1.165) is 0 Å². The van der Waals surface area contributed by atoms with Crippen LogP contribution in [0.15, 0.2) is 18.2 Å². The van der Waals surface area contributed by atoms with E-state index in [1.54, 1.807) is 0 Å². The Morgan fingerprint density at radius 3 is 2.73 bits per heavy atom. The van der Waals surface area contributed by atoms with Crippen LogP contribution in [0.1, 0.15) is 11.7 Å². The minimum atomic E-state index is -0.550. The smallest absolute Gasteiger partial charge is 0.271 e. The number of aliphatic hydroxyl groups excluding tert-OH is 1. The van der Waals surface area contributed by atoms with Crippen molar-refractivity contribution in [2.45, 2.75) is 6.10 Å². The molecule has 6 heteroatoms. The Hall–Kier alpha value is -1.66. The van der Waals surface area contributed by atoms with Crippen molar-refractivity contribution >= 4 is 11.4 Å². The van der Waals surface area contributed by atoms with Crippen LogP contribution in [0.2, 0.25) is 0 Å². The molecule has 1 rings (SSSR count).